The summed E-state index contributed by atoms with van der Waals surface area (Å²) >= 11 is 2.85. The number of nitrogens with zero attached hydrogens (tertiary/aromatic N) is 1. The molecule has 0 amide bonds. The van der Waals surface area contributed by atoms with Gasteiger partial charge in [0.25, 0.3) is 0 Å². The Morgan fingerprint density at radius 2 is 2.05 bits per heavy atom. The van der Waals surface area contributed by atoms with E-state index in [-0.39, 0.29) is 4.47 Å². The number of rotatable bonds is 3. The van der Waals surface area contributed by atoms with Crippen LogP contribution in [-0.2, 0) is 10.0 Å². The first kappa shape index (κ1) is 15.4. The molecule has 0 bridgehead atoms. The van der Waals surface area contributed by atoms with Crippen LogP contribution in [0.15, 0.2) is 21.5 Å². The number of nitrogens with one attached hydrogen (secondary N) is 1. The second-order valence-electron chi connectivity index (χ2n) is 4.59. The molecule has 0 spiro atoms. The molecule has 0 aliphatic heterocycles. The highest BCUT2D eigenvalue weighted by atomic mass is 79.9. The highest BCUT2D eigenvalue weighted by Gasteiger charge is 2.33. The zero-order chi connectivity index (χ0) is 14.9. The van der Waals surface area contributed by atoms with Crippen molar-refractivity contribution in [3.05, 3.63) is 28.2 Å². The quantitative estimate of drug-likeness (QED) is 0.896. The molecular formula is C12H11BrF2N2O2S. The van der Waals surface area contributed by atoms with E-state index in [1.807, 2.05) is 6.07 Å². The molecular weight excluding hydrogens is 354 g/mol. The molecule has 1 aliphatic carbocycles. The molecule has 0 radical (unpaired) electrons. The smallest absolute Gasteiger partial charge is 0.207 e. The zero-order valence-electron chi connectivity index (χ0n) is 10.2. The van der Waals surface area contributed by atoms with Gasteiger partial charge in [-0.25, -0.2) is 21.9 Å². The van der Waals surface area contributed by atoms with E-state index in [1.54, 1.807) is 0 Å². The van der Waals surface area contributed by atoms with Gasteiger partial charge in [-0.05, 0) is 34.8 Å². The lowest BCUT2D eigenvalue weighted by Crippen LogP contribution is -2.37. The van der Waals surface area contributed by atoms with Crippen LogP contribution in [-0.4, -0.2) is 14.5 Å². The molecule has 1 saturated carbocycles. The van der Waals surface area contributed by atoms with Gasteiger partial charge in [-0.3, -0.25) is 0 Å². The second-order valence-corrected chi connectivity index (χ2v) is 7.10. The van der Waals surface area contributed by atoms with Crippen LogP contribution in [0.2, 0.25) is 0 Å². The number of benzene rings is 1. The van der Waals surface area contributed by atoms with Crippen LogP contribution in [0.4, 0.5) is 8.78 Å². The molecule has 2 rings (SSSR count). The van der Waals surface area contributed by atoms with Crippen LogP contribution in [0.1, 0.15) is 19.3 Å². The van der Waals surface area contributed by atoms with Crippen LogP contribution in [0.3, 0.4) is 0 Å². The Labute approximate surface area is 124 Å². The fourth-order valence-corrected chi connectivity index (χ4v) is 4.78. The summed E-state index contributed by atoms with van der Waals surface area (Å²) in [5.41, 5.74) is 0. The van der Waals surface area contributed by atoms with E-state index in [2.05, 4.69) is 20.7 Å². The average molecular weight is 365 g/mol. The molecule has 1 fully saturated rings. The lowest BCUT2D eigenvalue weighted by Gasteiger charge is -2.16. The van der Waals surface area contributed by atoms with E-state index in [1.165, 1.54) is 0 Å². The minimum absolute atomic E-state index is 0.186. The van der Waals surface area contributed by atoms with Gasteiger partial charge >= 0.3 is 0 Å². The van der Waals surface area contributed by atoms with Crippen molar-refractivity contribution in [3.63, 3.8) is 0 Å². The van der Waals surface area contributed by atoms with E-state index < -0.39 is 38.5 Å². The number of sulfonamides is 1. The summed E-state index contributed by atoms with van der Waals surface area (Å²) in [5, 5.41) is 8.93. The van der Waals surface area contributed by atoms with Crippen molar-refractivity contribution in [3.8, 4) is 6.07 Å². The standard InChI is InChI=1S/C12H11BrF2N2O2S/c13-9-4-8(14)5-10(15)12(9)20(18,19)17-11-3-1-2-7(11)6-16/h4-5,7,11,17H,1-3H2. The van der Waals surface area contributed by atoms with Gasteiger partial charge in [-0.1, -0.05) is 6.42 Å². The third kappa shape index (κ3) is 3.00. The molecule has 8 heteroatoms. The summed E-state index contributed by atoms with van der Waals surface area (Å²) in [6.45, 7) is 0. The first-order valence-electron chi connectivity index (χ1n) is 5.91. The van der Waals surface area contributed by atoms with Crippen LogP contribution in [0.5, 0.6) is 0 Å². The molecule has 4 nitrogen and oxygen atoms in total. The van der Waals surface area contributed by atoms with Gasteiger partial charge in [0.1, 0.15) is 16.5 Å². The van der Waals surface area contributed by atoms with Crippen LogP contribution < -0.4 is 4.72 Å². The first-order chi connectivity index (χ1) is 9.35. The number of halogens is 3. The maximum absolute atomic E-state index is 13.7. The lowest BCUT2D eigenvalue weighted by molar-refractivity contribution is 0.504. The average Bonchev–Trinajstić information content (AvgIpc) is 2.73. The van der Waals surface area contributed by atoms with Gasteiger partial charge in [0.2, 0.25) is 10.0 Å². The molecule has 20 heavy (non-hydrogen) atoms. The molecule has 2 unspecified atom stereocenters. The van der Waals surface area contributed by atoms with Crippen molar-refractivity contribution in [2.45, 2.75) is 30.2 Å². The lowest BCUT2D eigenvalue weighted by atomic mass is 10.1. The van der Waals surface area contributed by atoms with Crippen LogP contribution in [0, 0.1) is 28.9 Å². The van der Waals surface area contributed by atoms with Crippen molar-refractivity contribution in [2.24, 2.45) is 5.92 Å². The third-order valence-corrected chi connectivity index (χ3v) is 5.67. The molecule has 1 N–H and O–H groups in total. The van der Waals surface area contributed by atoms with Gasteiger partial charge in [0, 0.05) is 16.6 Å². The molecule has 108 valence electrons. The van der Waals surface area contributed by atoms with Gasteiger partial charge < -0.3 is 0 Å². The number of hydrogen-bond donors (Lipinski definition) is 1. The Morgan fingerprint density at radius 3 is 2.65 bits per heavy atom. The molecule has 0 heterocycles. The fraction of sp³-hybridized carbons (Fsp3) is 0.417. The summed E-state index contributed by atoms with van der Waals surface area (Å²) in [6, 6.07) is 2.89. The molecule has 0 aromatic heterocycles. The van der Waals surface area contributed by atoms with Gasteiger partial charge in [-0.2, -0.15) is 5.26 Å². The van der Waals surface area contributed by atoms with E-state index in [9.17, 15) is 17.2 Å². The predicted molar refractivity (Wildman–Crippen MR) is 71.1 cm³/mol. The van der Waals surface area contributed by atoms with Crippen LogP contribution in [0.25, 0.3) is 0 Å². The van der Waals surface area contributed by atoms with E-state index >= 15 is 0 Å². The summed E-state index contributed by atoms with van der Waals surface area (Å²) in [4.78, 5) is -0.637. The topological polar surface area (TPSA) is 70.0 Å². The summed E-state index contributed by atoms with van der Waals surface area (Å²) in [7, 11) is -4.15. The SMILES string of the molecule is N#CC1CCCC1NS(=O)(=O)c1c(F)cc(F)cc1Br. The number of hydrogen-bond acceptors (Lipinski definition) is 3. The largest absolute Gasteiger partial charge is 0.244 e. The Bertz CT molecular complexity index is 650. The highest BCUT2D eigenvalue weighted by molar-refractivity contribution is 9.10. The second kappa shape index (κ2) is 5.76. The summed E-state index contributed by atoms with van der Waals surface area (Å²) in [5.74, 6) is -2.47. The Hall–Kier alpha value is -1.04. The van der Waals surface area contributed by atoms with Crippen molar-refractivity contribution >= 4 is 26.0 Å². The molecule has 1 aromatic rings. The van der Waals surface area contributed by atoms with Crippen molar-refractivity contribution < 1.29 is 17.2 Å². The van der Waals surface area contributed by atoms with E-state index in [0.29, 0.717) is 18.9 Å². The van der Waals surface area contributed by atoms with E-state index in [4.69, 9.17) is 5.26 Å². The van der Waals surface area contributed by atoms with Crippen LogP contribution >= 0.6 is 15.9 Å². The fourth-order valence-electron chi connectivity index (χ4n) is 2.30. The Balaban J connectivity index is 2.35. The molecule has 2 atom stereocenters. The van der Waals surface area contributed by atoms with Gasteiger partial charge in [0.05, 0.1) is 12.0 Å². The van der Waals surface area contributed by atoms with Crippen molar-refractivity contribution in [1.82, 2.24) is 4.72 Å². The van der Waals surface area contributed by atoms with Gasteiger partial charge in [0.15, 0.2) is 0 Å². The maximum atomic E-state index is 13.7. The minimum Gasteiger partial charge on any atom is -0.207 e. The normalized spacial score (nSPS) is 22.7. The summed E-state index contributed by atoms with van der Waals surface area (Å²) < 4.78 is 53.2. The van der Waals surface area contributed by atoms with Crippen molar-refractivity contribution in [2.75, 3.05) is 0 Å². The monoisotopic (exact) mass is 364 g/mol. The molecule has 0 saturated heterocycles. The molecule has 1 aromatic carbocycles. The highest BCUT2D eigenvalue weighted by Crippen LogP contribution is 2.30. The minimum atomic E-state index is -4.15. The Kier molecular flexibility index (Phi) is 4.42. The predicted octanol–water partition coefficient (Wildman–Crippen LogP) is 2.70. The third-order valence-electron chi connectivity index (χ3n) is 3.22. The zero-order valence-corrected chi connectivity index (χ0v) is 12.6. The first-order valence-corrected chi connectivity index (χ1v) is 8.19. The van der Waals surface area contributed by atoms with E-state index in [0.717, 1.165) is 12.5 Å². The molecule has 1 aliphatic rings. The maximum Gasteiger partial charge on any atom is 0.244 e. The number of nitriles is 1. The Morgan fingerprint density at radius 1 is 1.35 bits per heavy atom. The van der Waals surface area contributed by atoms with Gasteiger partial charge in [-0.15, -0.1) is 0 Å². The van der Waals surface area contributed by atoms with Crippen molar-refractivity contribution in [1.29, 1.82) is 5.26 Å². The summed E-state index contributed by atoms with van der Waals surface area (Å²) in [6.07, 6.45) is 1.87.